The molecule has 6 nitrogen and oxygen atoms in total. The standard InChI is InChI=1S/C12H13N5O/c1-8-4-3-5-10(6-8)7-13-16-11-9(2)15-17-12(18)14-11/h3-7H,1-2H3,(H2,14,16,17,18). The summed E-state index contributed by atoms with van der Waals surface area (Å²) in [6.07, 6.45) is 1.66. The highest BCUT2D eigenvalue weighted by Gasteiger charge is 1.99. The number of aromatic nitrogens is 3. The van der Waals surface area contributed by atoms with E-state index in [4.69, 9.17) is 0 Å². The van der Waals surface area contributed by atoms with Crippen molar-refractivity contribution in [3.8, 4) is 0 Å². The SMILES string of the molecule is Cc1cccc(C=NNc2nc(=O)[nH]nc2C)c1. The number of rotatable bonds is 3. The van der Waals surface area contributed by atoms with Crippen LogP contribution in [0.5, 0.6) is 0 Å². The van der Waals surface area contributed by atoms with Crippen LogP contribution in [0.1, 0.15) is 16.8 Å². The summed E-state index contributed by atoms with van der Waals surface area (Å²) in [5, 5.41) is 10.1. The number of anilines is 1. The number of aryl methyl sites for hydroxylation is 2. The topological polar surface area (TPSA) is 83.0 Å². The lowest BCUT2D eigenvalue weighted by molar-refractivity contribution is 0.879. The molecule has 92 valence electrons. The lowest BCUT2D eigenvalue weighted by atomic mass is 10.2. The zero-order valence-electron chi connectivity index (χ0n) is 10.1. The van der Waals surface area contributed by atoms with E-state index in [1.54, 1.807) is 13.1 Å². The van der Waals surface area contributed by atoms with Gasteiger partial charge in [-0.2, -0.15) is 15.2 Å². The molecule has 0 fully saturated rings. The number of H-pyrrole nitrogens is 1. The van der Waals surface area contributed by atoms with Crippen molar-refractivity contribution in [1.82, 2.24) is 15.2 Å². The summed E-state index contributed by atoms with van der Waals surface area (Å²) in [6, 6.07) is 7.90. The Morgan fingerprint density at radius 3 is 3.00 bits per heavy atom. The molecule has 0 atom stereocenters. The summed E-state index contributed by atoms with van der Waals surface area (Å²) in [7, 11) is 0. The first kappa shape index (κ1) is 12.0. The Hall–Kier alpha value is -2.50. The Morgan fingerprint density at radius 2 is 2.22 bits per heavy atom. The van der Waals surface area contributed by atoms with Gasteiger partial charge in [-0.1, -0.05) is 29.8 Å². The van der Waals surface area contributed by atoms with Crippen molar-refractivity contribution >= 4 is 12.0 Å². The molecule has 0 spiro atoms. The van der Waals surface area contributed by atoms with Gasteiger partial charge in [-0.25, -0.2) is 9.89 Å². The number of hydrogen-bond acceptors (Lipinski definition) is 5. The van der Waals surface area contributed by atoms with Crippen LogP contribution in [-0.2, 0) is 0 Å². The van der Waals surface area contributed by atoms with Gasteiger partial charge in [0.1, 0.15) is 5.69 Å². The Morgan fingerprint density at radius 1 is 1.39 bits per heavy atom. The number of benzene rings is 1. The van der Waals surface area contributed by atoms with Crippen LogP contribution in [-0.4, -0.2) is 21.4 Å². The van der Waals surface area contributed by atoms with E-state index >= 15 is 0 Å². The molecule has 6 heteroatoms. The molecule has 18 heavy (non-hydrogen) atoms. The second-order valence-electron chi connectivity index (χ2n) is 3.86. The third-order valence-electron chi connectivity index (χ3n) is 2.30. The van der Waals surface area contributed by atoms with Gasteiger partial charge in [0.15, 0.2) is 5.82 Å². The Labute approximate surface area is 104 Å². The molecule has 0 saturated carbocycles. The van der Waals surface area contributed by atoms with Gasteiger partial charge in [0.2, 0.25) is 0 Å². The summed E-state index contributed by atoms with van der Waals surface area (Å²) >= 11 is 0. The second-order valence-corrected chi connectivity index (χ2v) is 3.86. The second kappa shape index (κ2) is 5.22. The van der Waals surface area contributed by atoms with E-state index in [0.717, 1.165) is 11.1 Å². The summed E-state index contributed by atoms with van der Waals surface area (Å²) in [4.78, 5) is 14.7. The number of hydrogen-bond donors (Lipinski definition) is 2. The number of hydrazone groups is 1. The van der Waals surface area contributed by atoms with Gasteiger partial charge in [-0.05, 0) is 19.4 Å². The first-order valence-electron chi connectivity index (χ1n) is 5.44. The van der Waals surface area contributed by atoms with Crippen LogP contribution in [0.25, 0.3) is 0 Å². The number of nitrogens with one attached hydrogen (secondary N) is 2. The minimum atomic E-state index is -0.506. The molecule has 0 bridgehead atoms. The molecule has 0 radical (unpaired) electrons. The maximum atomic E-state index is 11.0. The normalized spacial score (nSPS) is 10.8. The maximum absolute atomic E-state index is 11.0. The summed E-state index contributed by atoms with van der Waals surface area (Å²) < 4.78 is 0. The highest BCUT2D eigenvalue weighted by molar-refractivity contribution is 5.80. The number of nitrogens with zero attached hydrogens (tertiary/aromatic N) is 3. The van der Waals surface area contributed by atoms with E-state index < -0.39 is 5.69 Å². The van der Waals surface area contributed by atoms with Gasteiger partial charge in [0.25, 0.3) is 0 Å². The van der Waals surface area contributed by atoms with E-state index in [1.165, 1.54) is 0 Å². The molecule has 0 saturated heterocycles. The molecule has 2 rings (SSSR count). The fraction of sp³-hybridized carbons (Fsp3) is 0.167. The predicted octanol–water partition coefficient (Wildman–Crippen LogP) is 1.23. The average molecular weight is 243 g/mol. The first-order valence-corrected chi connectivity index (χ1v) is 5.44. The molecule has 2 N–H and O–H groups in total. The van der Waals surface area contributed by atoms with Crippen LogP contribution in [0.4, 0.5) is 5.82 Å². The molecule has 0 unspecified atom stereocenters. The van der Waals surface area contributed by atoms with Crippen LogP contribution in [0, 0.1) is 13.8 Å². The fourth-order valence-corrected chi connectivity index (χ4v) is 1.42. The highest BCUT2D eigenvalue weighted by Crippen LogP contribution is 2.04. The monoisotopic (exact) mass is 243 g/mol. The third-order valence-corrected chi connectivity index (χ3v) is 2.30. The van der Waals surface area contributed by atoms with Crippen LogP contribution in [0.2, 0.25) is 0 Å². The van der Waals surface area contributed by atoms with E-state index in [2.05, 4.69) is 25.7 Å². The van der Waals surface area contributed by atoms with Crippen molar-refractivity contribution < 1.29 is 0 Å². The van der Waals surface area contributed by atoms with Crippen LogP contribution < -0.4 is 11.1 Å². The molecular formula is C12H13N5O. The van der Waals surface area contributed by atoms with Crippen molar-refractivity contribution in [2.45, 2.75) is 13.8 Å². The van der Waals surface area contributed by atoms with Crippen molar-refractivity contribution in [3.05, 3.63) is 51.6 Å². The highest BCUT2D eigenvalue weighted by atomic mass is 16.1. The minimum Gasteiger partial charge on any atom is -0.260 e. The third kappa shape index (κ3) is 3.00. The molecular weight excluding hydrogens is 230 g/mol. The smallest absolute Gasteiger partial charge is 0.260 e. The quantitative estimate of drug-likeness (QED) is 0.627. The van der Waals surface area contributed by atoms with Gasteiger partial charge >= 0.3 is 5.69 Å². The zero-order chi connectivity index (χ0) is 13.0. The molecule has 0 aliphatic heterocycles. The zero-order valence-corrected chi connectivity index (χ0v) is 10.1. The summed E-state index contributed by atoms with van der Waals surface area (Å²) in [5.74, 6) is 0.350. The van der Waals surface area contributed by atoms with Crippen molar-refractivity contribution in [3.63, 3.8) is 0 Å². The van der Waals surface area contributed by atoms with Gasteiger partial charge in [0.05, 0.1) is 6.21 Å². The van der Waals surface area contributed by atoms with Gasteiger partial charge in [0, 0.05) is 0 Å². The summed E-state index contributed by atoms with van der Waals surface area (Å²) in [5.41, 5.74) is 4.90. The van der Waals surface area contributed by atoms with Crippen molar-refractivity contribution in [2.75, 3.05) is 5.43 Å². The largest absolute Gasteiger partial charge is 0.363 e. The Balaban J connectivity index is 2.12. The lowest BCUT2D eigenvalue weighted by Gasteiger charge is -2.00. The Kier molecular flexibility index (Phi) is 3.47. The van der Waals surface area contributed by atoms with Crippen molar-refractivity contribution in [1.29, 1.82) is 0 Å². The fourth-order valence-electron chi connectivity index (χ4n) is 1.42. The van der Waals surface area contributed by atoms with Crippen LogP contribution >= 0.6 is 0 Å². The average Bonchev–Trinajstić information content (AvgIpc) is 2.34. The van der Waals surface area contributed by atoms with E-state index in [1.807, 2.05) is 31.2 Å². The molecule has 1 heterocycles. The van der Waals surface area contributed by atoms with Gasteiger partial charge < -0.3 is 0 Å². The summed E-state index contributed by atoms with van der Waals surface area (Å²) in [6.45, 7) is 3.74. The molecule has 1 aromatic carbocycles. The van der Waals surface area contributed by atoms with Crippen LogP contribution in [0.15, 0.2) is 34.2 Å². The van der Waals surface area contributed by atoms with E-state index in [0.29, 0.717) is 11.5 Å². The molecule has 2 aromatic rings. The lowest BCUT2D eigenvalue weighted by Crippen LogP contribution is -2.15. The van der Waals surface area contributed by atoms with Gasteiger partial charge in [-0.3, -0.25) is 5.43 Å². The van der Waals surface area contributed by atoms with Crippen LogP contribution in [0.3, 0.4) is 0 Å². The van der Waals surface area contributed by atoms with E-state index in [9.17, 15) is 4.79 Å². The molecule has 1 aromatic heterocycles. The number of aromatic amines is 1. The van der Waals surface area contributed by atoms with Gasteiger partial charge in [-0.15, -0.1) is 0 Å². The minimum absolute atomic E-state index is 0.350. The van der Waals surface area contributed by atoms with Crippen molar-refractivity contribution in [2.24, 2.45) is 5.10 Å². The maximum Gasteiger partial charge on any atom is 0.363 e. The molecule has 0 aliphatic carbocycles. The first-order chi connectivity index (χ1) is 8.65. The Bertz CT molecular complexity index is 632. The molecule has 0 amide bonds. The van der Waals surface area contributed by atoms with E-state index in [-0.39, 0.29) is 0 Å². The molecule has 0 aliphatic rings. The predicted molar refractivity (Wildman–Crippen MR) is 69.8 cm³/mol.